The molecule has 0 bridgehead atoms. The highest BCUT2D eigenvalue weighted by Crippen LogP contribution is 2.36. The Morgan fingerprint density at radius 3 is 1.80 bits per heavy atom. The topological polar surface area (TPSA) is 43.5 Å². The zero-order valence-corrected chi connectivity index (χ0v) is 6.57. The van der Waals surface area contributed by atoms with E-state index in [4.69, 9.17) is 0 Å². The summed E-state index contributed by atoms with van der Waals surface area (Å²) in [6.45, 7) is 0. The SMILES string of the molecule is O=C1[C]=NC(C(F)(F)F)=C(C(F)(F)F)[N]1. The van der Waals surface area contributed by atoms with E-state index in [0.29, 0.717) is 0 Å². The third-order valence-electron chi connectivity index (χ3n) is 1.24. The fraction of sp³-hybridized carbons (Fsp3) is 0.333. The highest BCUT2D eigenvalue weighted by atomic mass is 19.4. The molecule has 0 aromatic heterocycles. The number of halogens is 6. The summed E-state index contributed by atoms with van der Waals surface area (Å²) in [5.41, 5.74) is -4.62. The Morgan fingerprint density at radius 1 is 0.933 bits per heavy atom. The summed E-state index contributed by atoms with van der Waals surface area (Å²) < 4.78 is 72.0. The number of carbonyl (C=O) groups is 1. The second-order valence-corrected chi connectivity index (χ2v) is 2.33. The molecule has 0 atom stereocenters. The van der Waals surface area contributed by atoms with E-state index >= 15 is 0 Å². The lowest BCUT2D eigenvalue weighted by molar-refractivity contribution is -0.129. The summed E-state index contributed by atoms with van der Waals surface area (Å²) in [7, 11) is 0. The molecule has 0 spiro atoms. The Balaban J connectivity index is 3.27. The highest BCUT2D eigenvalue weighted by molar-refractivity contribution is 6.27. The van der Waals surface area contributed by atoms with Gasteiger partial charge in [0.2, 0.25) is 0 Å². The average molecular weight is 230 g/mol. The van der Waals surface area contributed by atoms with Gasteiger partial charge in [0.15, 0.2) is 17.6 Å². The van der Waals surface area contributed by atoms with Crippen LogP contribution in [-0.4, -0.2) is 24.5 Å². The maximum Gasteiger partial charge on any atom is 0.435 e. The van der Waals surface area contributed by atoms with Crippen LogP contribution in [0.25, 0.3) is 0 Å². The molecule has 0 fully saturated rings. The van der Waals surface area contributed by atoms with Crippen molar-refractivity contribution in [1.82, 2.24) is 5.32 Å². The van der Waals surface area contributed by atoms with Gasteiger partial charge in [-0.1, -0.05) is 0 Å². The first-order valence-corrected chi connectivity index (χ1v) is 3.23. The number of hydrogen-bond donors (Lipinski definition) is 0. The zero-order valence-electron chi connectivity index (χ0n) is 6.57. The molecule has 9 heteroatoms. The molecular weight excluding hydrogens is 230 g/mol. The minimum Gasteiger partial charge on any atom is -0.265 e. The lowest BCUT2D eigenvalue weighted by Gasteiger charge is -2.17. The van der Waals surface area contributed by atoms with Crippen LogP contribution in [0.3, 0.4) is 0 Å². The van der Waals surface area contributed by atoms with E-state index < -0.39 is 29.7 Å². The van der Waals surface area contributed by atoms with E-state index in [-0.39, 0.29) is 0 Å². The molecule has 1 aliphatic heterocycles. The van der Waals surface area contributed by atoms with Crippen LogP contribution >= 0.6 is 0 Å². The molecule has 0 saturated carbocycles. The van der Waals surface area contributed by atoms with Crippen LogP contribution in [0.1, 0.15) is 0 Å². The first-order chi connectivity index (χ1) is 6.62. The van der Waals surface area contributed by atoms with Gasteiger partial charge in [-0.25, -0.2) is 10.3 Å². The van der Waals surface area contributed by atoms with Crippen molar-refractivity contribution in [3.05, 3.63) is 11.4 Å². The largest absolute Gasteiger partial charge is 0.435 e. The third-order valence-corrected chi connectivity index (χ3v) is 1.24. The van der Waals surface area contributed by atoms with Crippen molar-refractivity contribution in [2.45, 2.75) is 12.4 Å². The maximum absolute atomic E-state index is 12.0. The Hall–Kier alpha value is -1.54. The van der Waals surface area contributed by atoms with Crippen LogP contribution < -0.4 is 5.32 Å². The van der Waals surface area contributed by atoms with Crippen molar-refractivity contribution in [1.29, 1.82) is 0 Å². The molecule has 0 saturated heterocycles. The number of amides is 1. The second kappa shape index (κ2) is 3.24. The van der Waals surface area contributed by atoms with Gasteiger partial charge >= 0.3 is 12.4 Å². The molecule has 0 aromatic carbocycles. The van der Waals surface area contributed by atoms with Gasteiger partial charge in [0.1, 0.15) is 0 Å². The van der Waals surface area contributed by atoms with Crippen molar-refractivity contribution in [3.8, 4) is 0 Å². The number of rotatable bonds is 0. The van der Waals surface area contributed by atoms with Crippen molar-refractivity contribution >= 4 is 12.1 Å². The van der Waals surface area contributed by atoms with Crippen molar-refractivity contribution < 1.29 is 31.1 Å². The summed E-state index contributed by atoms with van der Waals surface area (Å²) in [6.07, 6.45) is -9.53. The third kappa shape index (κ3) is 2.48. The molecule has 3 nitrogen and oxygen atoms in total. The van der Waals surface area contributed by atoms with E-state index in [1.54, 1.807) is 0 Å². The molecule has 82 valence electrons. The van der Waals surface area contributed by atoms with Gasteiger partial charge < -0.3 is 0 Å². The van der Waals surface area contributed by atoms with Gasteiger partial charge in [0.25, 0.3) is 5.91 Å². The fourth-order valence-corrected chi connectivity index (χ4v) is 0.731. The minimum absolute atomic E-state index is 1.18. The lowest BCUT2D eigenvalue weighted by atomic mass is 10.2. The number of alkyl halides is 6. The lowest BCUT2D eigenvalue weighted by Crippen LogP contribution is -2.34. The van der Waals surface area contributed by atoms with E-state index in [0.717, 1.165) is 0 Å². The van der Waals surface area contributed by atoms with Crippen LogP contribution in [0, 0.1) is 0 Å². The van der Waals surface area contributed by atoms with Gasteiger partial charge in [-0.15, -0.1) is 0 Å². The van der Waals surface area contributed by atoms with E-state index in [1.165, 1.54) is 6.21 Å². The molecule has 0 unspecified atom stereocenters. The normalized spacial score (nSPS) is 18.1. The van der Waals surface area contributed by atoms with Gasteiger partial charge in [0.05, 0.1) is 0 Å². The second-order valence-electron chi connectivity index (χ2n) is 2.33. The fourth-order valence-electron chi connectivity index (χ4n) is 0.731. The molecule has 1 aliphatic rings. The van der Waals surface area contributed by atoms with Crippen molar-refractivity contribution in [3.63, 3.8) is 0 Å². The van der Waals surface area contributed by atoms with Crippen molar-refractivity contribution in [2.24, 2.45) is 4.99 Å². The Labute approximate surface area is 78.5 Å². The number of carbonyl (C=O) groups excluding carboxylic acids is 1. The van der Waals surface area contributed by atoms with E-state index in [2.05, 4.69) is 10.3 Å². The molecule has 1 rings (SSSR count). The van der Waals surface area contributed by atoms with Gasteiger partial charge in [-0.05, 0) is 0 Å². The summed E-state index contributed by atoms with van der Waals surface area (Å²) in [4.78, 5) is 12.6. The van der Waals surface area contributed by atoms with E-state index in [1.807, 2.05) is 0 Å². The Kier molecular flexibility index (Phi) is 2.49. The molecule has 0 N–H and O–H groups in total. The van der Waals surface area contributed by atoms with E-state index in [9.17, 15) is 31.1 Å². The number of allylic oxidation sites excluding steroid dienone is 2. The predicted molar refractivity (Wildman–Crippen MR) is 33.7 cm³/mol. The van der Waals surface area contributed by atoms with Crippen LogP contribution in [-0.2, 0) is 4.79 Å². The van der Waals surface area contributed by atoms with Crippen LogP contribution in [0.2, 0.25) is 0 Å². The molecule has 2 radical (unpaired) electrons. The Bertz CT molecular complexity index is 350. The molecular formula is C6F6N2O. The highest BCUT2D eigenvalue weighted by Gasteiger charge is 2.49. The monoisotopic (exact) mass is 230 g/mol. The first-order valence-electron chi connectivity index (χ1n) is 3.23. The van der Waals surface area contributed by atoms with Crippen LogP contribution in [0.15, 0.2) is 16.4 Å². The molecule has 1 heterocycles. The number of hydrogen-bond acceptors (Lipinski definition) is 2. The molecule has 15 heavy (non-hydrogen) atoms. The molecule has 1 amide bonds. The first kappa shape index (κ1) is 11.5. The standard InChI is InChI=1S/C6F6N2O/c7-5(8,9)3-4(6(10,11)12)14-2(15)1-13-3. The Morgan fingerprint density at radius 2 is 1.40 bits per heavy atom. The van der Waals surface area contributed by atoms with Gasteiger partial charge in [-0.2, -0.15) is 26.3 Å². The summed E-state index contributed by atoms with van der Waals surface area (Å²) >= 11 is 0. The molecule has 0 aliphatic carbocycles. The quantitative estimate of drug-likeness (QED) is 0.580. The van der Waals surface area contributed by atoms with Crippen LogP contribution in [0.5, 0.6) is 0 Å². The summed E-state index contributed by atoms with van der Waals surface area (Å²) in [5.74, 6) is -1.60. The van der Waals surface area contributed by atoms with Crippen LogP contribution in [0.4, 0.5) is 26.3 Å². The number of aliphatic imine (C=N–C) groups is 1. The summed E-state index contributed by atoms with van der Waals surface area (Å²) in [5, 5.41) is 2.19. The number of nitrogens with zero attached hydrogens (tertiary/aromatic N) is 2. The predicted octanol–water partition coefficient (Wildman–Crippen LogP) is 1.42. The van der Waals surface area contributed by atoms with Gasteiger partial charge in [-0.3, -0.25) is 4.79 Å². The molecule has 0 aromatic rings. The average Bonchev–Trinajstić information content (AvgIpc) is 2.00. The van der Waals surface area contributed by atoms with Gasteiger partial charge in [0, 0.05) is 0 Å². The maximum atomic E-state index is 12.0. The smallest absolute Gasteiger partial charge is 0.265 e. The summed E-state index contributed by atoms with van der Waals surface area (Å²) in [6, 6.07) is 0. The van der Waals surface area contributed by atoms with Crippen molar-refractivity contribution in [2.75, 3.05) is 0 Å². The zero-order chi connectivity index (χ0) is 11.9. The minimum atomic E-state index is -5.38.